The van der Waals surface area contributed by atoms with E-state index >= 15 is 0 Å². The van der Waals surface area contributed by atoms with Gasteiger partial charge in [-0.2, -0.15) is 0 Å². The van der Waals surface area contributed by atoms with Gasteiger partial charge in [0.2, 0.25) is 0 Å². The zero-order valence-electron chi connectivity index (χ0n) is 9.11. The monoisotopic (exact) mass is 228 g/mol. The second kappa shape index (κ2) is 5.51. The molecular weight excluding hydrogens is 210 g/mol. The average Bonchev–Trinajstić information content (AvgIpc) is 2.87. The second-order valence-corrected chi connectivity index (χ2v) is 4.93. The van der Waals surface area contributed by atoms with E-state index in [-0.39, 0.29) is 0 Å². The number of unbranched alkanes of at least 4 members (excludes halogenated alkanes) is 1. The van der Waals surface area contributed by atoms with Crippen LogP contribution in [0, 0.1) is 0 Å². The molecule has 15 heavy (non-hydrogen) atoms. The van der Waals surface area contributed by atoms with Crippen molar-refractivity contribution in [3.8, 4) is 0 Å². The Morgan fingerprint density at radius 1 is 1.53 bits per heavy atom. The molecule has 1 atom stereocenters. The van der Waals surface area contributed by atoms with Crippen molar-refractivity contribution in [2.24, 2.45) is 0 Å². The normalized spacial score (nSPS) is 21.0. The molecule has 1 aliphatic heterocycles. The number of thioether (sulfide) groups is 1. The molecule has 5 heteroatoms. The zero-order valence-corrected chi connectivity index (χ0v) is 9.92. The van der Waals surface area contributed by atoms with Crippen molar-refractivity contribution in [1.29, 1.82) is 0 Å². The lowest BCUT2D eigenvalue weighted by Gasteiger charge is -1.98. The molecule has 2 heterocycles. The maximum absolute atomic E-state index is 5.62. The predicted molar refractivity (Wildman–Crippen MR) is 58.7 cm³/mol. The molecule has 0 amide bonds. The fourth-order valence-corrected chi connectivity index (χ4v) is 2.58. The Hall–Kier alpha value is -0.550. The van der Waals surface area contributed by atoms with Gasteiger partial charge in [0, 0.05) is 18.6 Å². The van der Waals surface area contributed by atoms with E-state index in [1.807, 2.05) is 0 Å². The summed E-state index contributed by atoms with van der Waals surface area (Å²) in [7, 11) is 0. The highest BCUT2D eigenvalue weighted by Gasteiger charge is 2.25. The standard InChI is InChI=1S/C10H17N3OS/c1-2-3-7-15-10-13-12-9(14-10)8-5-4-6-11-8/h8,11H,2-7H2,1H3/p+1/t8-/m1/s1. The van der Waals surface area contributed by atoms with E-state index in [0.717, 1.165) is 16.9 Å². The van der Waals surface area contributed by atoms with Gasteiger partial charge in [-0.05, 0) is 6.42 Å². The molecule has 1 aromatic rings. The van der Waals surface area contributed by atoms with Gasteiger partial charge < -0.3 is 9.73 Å². The van der Waals surface area contributed by atoms with Crippen LogP contribution in [0.1, 0.15) is 44.5 Å². The van der Waals surface area contributed by atoms with Crippen LogP contribution in [0.15, 0.2) is 9.64 Å². The smallest absolute Gasteiger partial charge is 0.276 e. The molecule has 2 rings (SSSR count). The van der Waals surface area contributed by atoms with E-state index in [1.165, 1.54) is 32.2 Å². The van der Waals surface area contributed by atoms with Crippen molar-refractivity contribution in [1.82, 2.24) is 10.2 Å². The molecule has 0 bridgehead atoms. The van der Waals surface area contributed by atoms with Crippen molar-refractivity contribution in [3.63, 3.8) is 0 Å². The van der Waals surface area contributed by atoms with Crippen LogP contribution in [0.4, 0.5) is 0 Å². The number of rotatable bonds is 5. The summed E-state index contributed by atoms with van der Waals surface area (Å²) in [5.41, 5.74) is 0. The fraction of sp³-hybridized carbons (Fsp3) is 0.800. The van der Waals surface area contributed by atoms with Gasteiger partial charge in [0.1, 0.15) is 0 Å². The van der Waals surface area contributed by atoms with Crippen LogP contribution in [-0.4, -0.2) is 22.5 Å². The van der Waals surface area contributed by atoms with Crippen LogP contribution in [0.3, 0.4) is 0 Å². The van der Waals surface area contributed by atoms with Gasteiger partial charge in [0.25, 0.3) is 11.1 Å². The Bertz CT molecular complexity index is 297. The van der Waals surface area contributed by atoms with Gasteiger partial charge >= 0.3 is 0 Å². The number of quaternary nitrogens is 1. The quantitative estimate of drug-likeness (QED) is 0.610. The molecule has 0 spiro atoms. The molecule has 2 N–H and O–H groups in total. The Balaban J connectivity index is 1.86. The van der Waals surface area contributed by atoms with Gasteiger partial charge in [-0.1, -0.05) is 25.1 Å². The van der Waals surface area contributed by atoms with E-state index in [2.05, 4.69) is 22.4 Å². The van der Waals surface area contributed by atoms with Crippen molar-refractivity contribution in [2.45, 2.75) is 43.9 Å². The largest absolute Gasteiger partial charge is 0.410 e. The molecule has 1 aliphatic rings. The number of hydrogen-bond acceptors (Lipinski definition) is 4. The van der Waals surface area contributed by atoms with E-state index < -0.39 is 0 Å². The highest BCUT2D eigenvalue weighted by Crippen LogP contribution is 2.22. The Morgan fingerprint density at radius 2 is 2.47 bits per heavy atom. The van der Waals surface area contributed by atoms with Crippen LogP contribution in [0.5, 0.6) is 0 Å². The van der Waals surface area contributed by atoms with Crippen molar-refractivity contribution in [3.05, 3.63) is 5.89 Å². The molecule has 4 nitrogen and oxygen atoms in total. The Kier molecular flexibility index (Phi) is 4.02. The van der Waals surface area contributed by atoms with Crippen LogP contribution < -0.4 is 5.32 Å². The fourth-order valence-electron chi connectivity index (χ4n) is 1.73. The number of nitrogens with zero attached hydrogens (tertiary/aromatic N) is 2. The van der Waals surface area contributed by atoms with Crippen molar-refractivity contribution in [2.75, 3.05) is 12.3 Å². The summed E-state index contributed by atoms with van der Waals surface area (Å²) in [5.74, 6) is 1.89. The zero-order chi connectivity index (χ0) is 10.5. The predicted octanol–water partition coefficient (Wildman–Crippen LogP) is 1.36. The van der Waals surface area contributed by atoms with Gasteiger partial charge in [-0.3, -0.25) is 0 Å². The van der Waals surface area contributed by atoms with Gasteiger partial charge in [-0.15, -0.1) is 10.2 Å². The number of hydrogen-bond donors (Lipinski definition) is 1. The first kappa shape index (κ1) is 11.0. The molecule has 84 valence electrons. The average molecular weight is 228 g/mol. The third kappa shape index (κ3) is 2.95. The minimum atomic E-state index is 0.415. The molecule has 0 saturated carbocycles. The summed E-state index contributed by atoms with van der Waals surface area (Å²) in [6.07, 6.45) is 4.84. The molecular formula is C10H18N3OS+. The number of aromatic nitrogens is 2. The Labute approximate surface area is 94.2 Å². The SMILES string of the molecule is CCCCSc1nnc([C@H]2CCC[NH2+]2)o1. The summed E-state index contributed by atoms with van der Waals surface area (Å²) in [6, 6.07) is 0.415. The second-order valence-electron chi connectivity index (χ2n) is 3.88. The maximum Gasteiger partial charge on any atom is 0.276 e. The Morgan fingerprint density at radius 3 is 3.20 bits per heavy atom. The highest BCUT2D eigenvalue weighted by atomic mass is 32.2. The highest BCUT2D eigenvalue weighted by molar-refractivity contribution is 7.99. The minimum Gasteiger partial charge on any atom is -0.410 e. The first-order valence-electron chi connectivity index (χ1n) is 5.69. The summed E-state index contributed by atoms with van der Waals surface area (Å²) in [4.78, 5) is 0. The molecule has 1 fully saturated rings. The van der Waals surface area contributed by atoms with E-state index in [4.69, 9.17) is 4.42 Å². The third-order valence-electron chi connectivity index (χ3n) is 2.63. The molecule has 1 aromatic heterocycles. The van der Waals surface area contributed by atoms with Crippen molar-refractivity contribution < 1.29 is 9.73 Å². The van der Waals surface area contributed by atoms with Crippen LogP contribution >= 0.6 is 11.8 Å². The lowest BCUT2D eigenvalue weighted by Crippen LogP contribution is -2.81. The molecule has 0 aromatic carbocycles. The topological polar surface area (TPSA) is 55.5 Å². The molecule has 0 unspecified atom stereocenters. The van der Waals surface area contributed by atoms with Gasteiger partial charge in [0.15, 0.2) is 6.04 Å². The molecule has 1 saturated heterocycles. The van der Waals surface area contributed by atoms with Crippen LogP contribution in [0.2, 0.25) is 0 Å². The van der Waals surface area contributed by atoms with Gasteiger partial charge in [0.05, 0.1) is 6.54 Å². The van der Waals surface area contributed by atoms with Crippen molar-refractivity contribution >= 4 is 11.8 Å². The summed E-state index contributed by atoms with van der Waals surface area (Å²) >= 11 is 1.67. The van der Waals surface area contributed by atoms with E-state index in [1.54, 1.807) is 11.8 Å². The van der Waals surface area contributed by atoms with Crippen LogP contribution in [-0.2, 0) is 0 Å². The van der Waals surface area contributed by atoms with E-state index in [9.17, 15) is 0 Å². The summed E-state index contributed by atoms with van der Waals surface area (Å²) in [6.45, 7) is 3.37. The first-order valence-corrected chi connectivity index (χ1v) is 6.68. The van der Waals surface area contributed by atoms with E-state index in [0.29, 0.717) is 6.04 Å². The summed E-state index contributed by atoms with van der Waals surface area (Å²) in [5, 5.41) is 11.2. The lowest BCUT2D eigenvalue weighted by atomic mass is 10.2. The molecule has 0 aliphatic carbocycles. The summed E-state index contributed by atoms with van der Waals surface area (Å²) < 4.78 is 5.62. The van der Waals surface area contributed by atoms with Crippen LogP contribution in [0.25, 0.3) is 0 Å². The third-order valence-corrected chi connectivity index (χ3v) is 3.54. The first-order chi connectivity index (χ1) is 7.40. The van der Waals surface area contributed by atoms with Gasteiger partial charge in [-0.25, -0.2) is 0 Å². The maximum atomic E-state index is 5.62. The lowest BCUT2D eigenvalue weighted by molar-refractivity contribution is -0.678. The number of nitrogens with two attached hydrogens (primary N) is 1. The molecule has 0 radical (unpaired) electrons. The minimum absolute atomic E-state index is 0.415.